The van der Waals surface area contributed by atoms with Gasteiger partial charge in [0.25, 0.3) is 0 Å². The summed E-state index contributed by atoms with van der Waals surface area (Å²) in [5, 5.41) is 13.3. The third kappa shape index (κ3) is 3.47. The van der Waals surface area contributed by atoms with Crippen molar-refractivity contribution in [1.29, 1.82) is 5.26 Å². The van der Waals surface area contributed by atoms with E-state index in [0.717, 1.165) is 11.3 Å². The Kier molecular flexibility index (Phi) is 4.70. The van der Waals surface area contributed by atoms with E-state index >= 15 is 0 Å². The number of halogens is 1. The fourth-order valence-corrected chi connectivity index (χ4v) is 1.94. The van der Waals surface area contributed by atoms with Crippen LogP contribution in [0.15, 0.2) is 53.6 Å². The summed E-state index contributed by atoms with van der Waals surface area (Å²) in [4.78, 5) is 12.2. The molecule has 2 aromatic rings. The summed E-state index contributed by atoms with van der Waals surface area (Å²) in [6, 6.07) is 15.8. The molecule has 0 bridgehead atoms. The molecule has 2 aromatic carbocycles. The fourth-order valence-electron chi connectivity index (χ4n) is 1.71. The van der Waals surface area contributed by atoms with Crippen LogP contribution in [-0.2, 0) is 0 Å². The first kappa shape index (κ1) is 14.8. The number of rotatable bonds is 4. The first-order valence-corrected chi connectivity index (χ1v) is 6.60. The van der Waals surface area contributed by atoms with E-state index in [4.69, 9.17) is 16.9 Å². The normalized spacial score (nSPS) is 10.8. The molecule has 0 amide bonds. The van der Waals surface area contributed by atoms with Crippen molar-refractivity contribution >= 4 is 28.8 Å². The first-order chi connectivity index (χ1) is 10.1. The van der Waals surface area contributed by atoms with E-state index < -0.39 is 5.78 Å². The summed E-state index contributed by atoms with van der Waals surface area (Å²) < 4.78 is 0. The lowest BCUT2D eigenvalue weighted by Crippen LogP contribution is -2.14. The molecule has 0 spiro atoms. The first-order valence-electron chi connectivity index (χ1n) is 6.22. The predicted octanol–water partition coefficient (Wildman–Crippen LogP) is 3.82. The number of para-hydroxylation sites is 1. The second-order valence-electron chi connectivity index (χ2n) is 4.31. The maximum atomic E-state index is 12.2. The summed E-state index contributed by atoms with van der Waals surface area (Å²) in [5.41, 5.74) is 4.44. The van der Waals surface area contributed by atoms with Gasteiger partial charge in [-0.15, -0.1) is 0 Å². The molecule has 0 fully saturated rings. The lowest BCUT2D eigenvalue weighted by atomic mass is 10.1. The summed E-state index contributed by atoms with van der Waals surface area (Å²) in [7, 11) is 0. The average Bonchev–Trinajstić information content (AvgIpc) is 2.50. The quantitative estimate of drug-likeness (QED) is 0.530. The van der Waals surface area contributed by atoms with Crippen LogP contribution in [0.5, 0.6) is 0 Å². The molecule has 4 nitrogen and oxygen atoms in total. The number of nitrogens with one attached hydrogen (secondary N) is 1. The lowest BCUT2D eigenvalue weighted by Gasteiger charge is -2.05. The zero-order chi connectivity index (χ0) is 15.2. The fraction of sp³-hybridized carbons (Fsp3) is 0.0625. The van der Waals surface area contributed by atoms with Crippen LogP contribution in [0.25, 0.3) is 0 Å². The van der Waals surface area contributed by atoms with E-state index in [2.05, 4.69) is 10.5 Å². The van der Waals surface area contributed by atoms with Crippen molar-refractivity contribution in [3.8, 4) is 6.07 Å². The molecule has 2 rings (SSSR count). The number of anilines is 1. The lowest BCUT2D eigenvalue weighted by molar-refractivity contribution is 0.106. The predicted molar refractivity (Wildman–Crippen MR) is 83.6 cm³/mol. The highest BCUT2D eigenvalue weighted by Gasteiger charge is 2.16. The van der Waals surface area contributed by atoms with Gasteiger partial charge in [0.1, 0.15) is 6.07 Å². The summed E-state index contributed by atoms with van der Waals surface area (Å²) in [6.45, 7) is 1.90. The molecule has 104 valence electrons. The second-order valence-corrected chi connectivity index (χ2v) is 4.72. The number of hydrazone groups is 1. The monoisotopic (exact) mass is 297 g/mol. The third-order valence-electron chi connectivity index (χ3n) is 2.87. The van der Waals surface area contributed by atoms with Gasteiger partial charge in [0, 0.05) is 5.56 Å². The highest BCUT2D eigenvalue weighted by molar-refractivity contribution is 6.53. The number of aryl methyl sites for hydroxylation is 1. The zero-order valence-electron chi connectivity index (χ0n) is 11.3. The molecule has 21 heavy (non-hydrogen) atoms. The number of carbonyl (C=O) groups excluding carboxylic acids is 1. The summed E-state index contributed by atoms with van der Waals surface area (Å²) in [6.07, 6.45) is 0. The number of hydrogen-bond donors (Lipinski definition) is 1. The summed E-state index contributed by atoms with van der Waals surface area (Å²) >= 11 is 5.96. The van der Waals surface area contributed by atoms with E-state index in [9.17, 15) is 4.79 Å². The van der Waals surface area contributed by atoms with Crippen molar-refractivity contribution in [3.63, 3.8) is 0 Å². The second kappa shape index (κ2) is 6.69. The van der Waals surface area contributed by atoms with Gasteiger partial charge in [0.05, 0.1) is 10.7 Å². The Hall–Kier alpha value is -2.64. The number of nitrogens with zero attached hydrogens (tertiary/aromatic N) is 2. The molecular weight excluding hydrogens is 286 g/mol. The molecule has 0 aliphatic heterocycles. The Bertz CT molecular complexity index is 747. The Morgan fingerprint density at radius 1 is 1.19 bits per heavy atom. The molecule has 0 heterocycles. The van der Waals surface area contributed by atoms with Gasteiger partial charge in [-0.2, -0.15) is 10.4 Å². The molecule has 0 aliphatic rings. The largest absolute Gasteiger partial charge is 0.286 e. The van der Waals surface area contributed by atoms with Crippen molar-refractivity contribution in [2.45, 2.75) is 6.92 Å². The maximum absolute atomic E-state index is 12.2. The minimum Gasteiger partial charge on any atom is -0.286 e. The maximum Gasteiger partial charge on any atom is 0.225 e. The minimum atomic E-state index is -0.510. The SMILES string of the molecule is Cc1ccccc1NN=C(C#N)C(=O)c1ccccc1Cl. The zero-order valence-corrected chi connectivity index (χ0v) is 12.1. The van der Waals surface area contributed by atoms with Gasteiger partial charge >= 0.3 is 0 Å². The summed E-state index contributed by atoms with van der Waals surface area (Å²) in [5.74, 6) is -0.510. The van der Waals surface area contributed by atoms with Crippen LogP contribution in [0.1, 0.15) is 15.9 Å². The minimum absolute atomic E-state index is 0.244. The molecule has 0 aliphatic carbocycles. The standard InChI is InChI=1S/C16H12ClN3O/c1-11-6-2-5-9-14(11)19-20-15(10-18)16(21)12-7-3-4-8-13(12)17/h2-9,19H,1H3. The van der Waals surface area contributed by atoms with Crippen LogP contribution in [0.2, 0.25) is 5.02 Å². The van der Waals surface area contributed by atoms with E-state index in [0.29, 0.717) is 5.02 Å². The number of nitriles is 1. The number of ketones is 1. The molecule has 0 saturated heterocycles. The molecule has 0 radical (unpaired) electrons. The van der Waals surface area contributed by atoms with Gasteiger partial charge in [-0.05, 0) is 30.7 Å². The average molecular weight is 298 g/mol. The van der Waals surface area contributed by atoms with Crippen LogP contribution in [0, 0.1) is 18.3 Å². The van der Waals surface area contributed by atoms with E-state index in [-0.39, 0.29) is 11.3 Å². The Balaban J connectivity index is 2.26. The van der Waals surface area contributed by atoms with Crippen LogP contribution in [-0.4, -0.2) is 11.5 Å². The molecule has 0 atom stereocenters. The van der Waals surface area contributed by atoms with Crippen LogP contribution in [0.3, 0.4) is 0 Å². The van der Waals surface area contributed by atoms with Gasteiger partial charge in [0.15, 0.2) is 0 Å². The molecule has 0 unspecified atom stereocenters. The van der Waals surface area contributed by atoms with Crippen LogP contribution >= 0.6 is 11.6 Å². The van der Waals surface area contributed by atoms with Crippen molar-refractivity contribution in [1.82, 2.24) is 0 Å². The van der Waals surface area contributed by atoms with Gasteiger partial charge in [-0.3, -0.25) is 10.2 Å². The Morgan fingerprint density at radius 3 is 2.52 bits per heavy atom. The smallest absolute Gasteiger partial charge is 0.225 e. The van der Waals surface area contributed by atoms with E-state index in [1.807, 2.05) is 31.2 Å². The molecule has 0 aromatic heterocycles. The third-order valence-corrected chi connectivity index (χ3v) is 3.20. The number of benzene rings is 2. The van der Waals surface area contributed by atoms with Crippen molar-refractivity contribution in [3.05, 3.63) is 64.7 Å². The van der Waals surface area contributed by atoms with Gasteiger partial charge in [-0.25, -0.2) is 0 Å². The van der Waals surface area contributed by atoms with E-state index in [1.54, 1.807) is 30.3 Å². The van der Waals surface area contributed by atoms with Gasteiger partial charge in [0.2, 0.25) is 11.5 Å². The number of Topliss-reactive ketones (excluding diaryl/α,β-unsaturated/α-hetero) is 1. The van der Waals surface area contributed by atoms with Crippen molar-refractivity contribution in [2.75, 3.05) is 5.43 Å². The van der Waals surface area contributed by atoms with Crippen molar-refractivity contribution in [2.24, 2.45) is 5.10 Å². The Labute approximate surface area is 127 Å². The number of carbonyl (C=O) groups is 1. The van der Waals surface area contributed by atoms with Gasteiger partial charge < -0.3 is 0 Å². The highest BCUT2D eigenvalue weighted by atomic mass is 35.5. The molecule has 1 N–H and O–H groups in total. The molecular formula is C16H12ClN3O. The van der Waals surface area contributed by atoms with E-state index in [1.165, 1.54) is 0 Å². The number of hydrogen-bond acceptors (Lipinski definition) is 4. The highest BCUT2D eigenvalue weighted by Crippen LogP contribution is 2.17. The van der Waals surface area contributed by atoms with Crippen LogP contribution < -0.4 is 5.43 Å². The Morgan fingerprint density at radius 2 is 1.86 bits per heavy atom. The van der Waals surface area contributed by atoms with Crippen molar-refractivity contribution < 1.29 is 4.79 Å². The molecule has 0 saturated carbocycles. The van der Waals surface area contributed by atoms with Gasteiger partial charge in [-0.1, -0.05) is 41.9 Å². The van der Waals surface area contributed by atoms with Crippen LogP contribution in [0.4, 0.5) is 5.69 Å². The topological polar surface area (TPSA) is 65.2 Å². The molecule has 5 heteroatoms.